The van der Waals surface area contributed by atoms with E-state index in [4.69, 9.17) is 9.47 Å². The summed E-state index contributed by atoms with van der Waals surface area (Å²) in [5.74, 6) is -0.540. The van der Waals surface area contributed by atoms with Gasteiger partial charge in [0.05, 0.1) is 8.96 Å². The maximum absolute atomic E-state index is 11.9. The first-order valence-electron chi connectivity index (χ1n) is 6.45. The van der Waals surface area contributed by atoms with Gasteiger partial charge in [0.1, 0.15) is 11.9 Å². The average molecular weight is 412 g/mol. The molecule has 1 atom stereocenters. The number of allylic oxidation sites excluding steroid dienone is 1. The summed E-state index contributed by atoms with van der Waals surface area (Å²) in [5, 5.41) is 0. The van der Waals surface area contributed by atoms with Gasteiger partial charge in [-0.3, -0.25) is 4.79 Å². The molecule has 1 unspecified atom stereocenters. The van der Waals surface area contributed by atoms with Crippen molar-refractivity contribution in [3.8, 4) is 0 Å². The van der Waals surface area contributed by atoms with Crippen LogP contribution in [0.25, 0.3) is 0 Å². The van der Waals surface area contributed by atoms with Crippen molar-refractivity contribution in [2.24, 2.45) is 0 Å². The molecule has 0 saturated heterocycles. The minimum Gasteiger partial charge on any atom is -0.457 e. The molecule has 20 heavy (non-hydrogen) atoms. The Morgan fingerprint density at radius 3 is 2.25 bits per heavy atom. The van der Waals surface area contributed by atoms with Crippen molar-refractivity contribution in [1.29, 1.82) is 0 Å². The van der Waals surface area contributed by atoms with Gasteiger partial charge in [-0.05, 0) is 51.6 Å². The third-order valence-electron chi connectivity index (χ3n) is 2.44. The Bertz CT molecular complexity index is 398. The normalized spacial score (nSPS) is 11.4. The Kier molecular flexibility index (Phi) is 9.84. The molecule has 0 aliphatic carbocycles. The molecule has 4 nitrogen and oxygen atoms in total. The van der Waals surface area contributed by atoms with Gasteiger partial charge in [0.15, 0.2) is 0 Å². The van der Waals surface area contributed by atoms with Crippen LogP contribution in [0.1, 0.15) is 46.5 Å². The first-order valence-corrected chi connectivity index (χ1v) is 8.04. The minimum absolute atomic E-state index is 0.150. The fourth-order valence-electron chi connectivity index (χ4n) is 1.36. The second kappa shape index (κ2) is 10.2. The van der Waals surface area contributed by atoms with Crippen LogP contribution in [0.5, 0.6) is 0 Å². The summed E-state index contributed by atoms with van der Waals surface area (Å²) in [4.78, 5) is 23.5. The summed E-state index contributed by atoms with van der Waals surface area (Å²) in [7, 11) is 0. The standard InChI is InChI=1S/C14H20Br2O4/c1-5-7-11(20-12(17)8-6-2)9(3)14(18)19-10(4)13(15)16/h11H,3,5-8H2,1-2,4H3. The first-order chi connectivity index (χ1) is 9.33. The third-order valence-corrected chi connectivity index (χ3v) is 3.56. The van der Waals surface area contributed by atoms with Crippen LogP contribution in [0.4, 0.5) is 0 Å². The number of carbonyl (C=O) groups excluding carboxylic acids is 2. The van der Waals surface area contributed by atoms with Crippen LogP contribution in [0, 0.1) is 0 Å². The van der Waals surface area contributed by atoms with Crippen molar-refractivity contribution < 1.29 is 19.1 Å². The van der Waals surface area contributed by atoms with Crippen molar-refractivity contribution in [3.63, 3.8) is 0 Å². The summed E-state index contributed by atoms with van der Waals surface area (Å²) in [5.41, 5.74) is 0.150. The lowest BCUT2D eigenvalue weighted by molar-refractivity contribution is -0.149. The van der Waals surface area contributed by atoms with E-state index in [2.05, 4.69) is 38.4 Å². The highest BCUT2D eigenvalue weighted by atomic mass is 79.9. The van der Waals surface area contributed by atoms with Crippen LogP contribution in [0.3, 0.4) is 0 Å². The number of ether oxygens (including phenoxy) is 2. The van der Waals surface area contributed by atoms with Gasteiger partial charge in [-0.25, -0.2) is 4.79 Å². The molecule has 0 fully saturated rings. The van der Waals surface area contributed by atoms with Crippen molar-refractivity contribution in [3.05, 3.63) is 21.3 Å². The van der Waals surface area contributed by atoms with Gasteiger partial charge in [0.2, 0.25) is 0 Å². The average Bonchev–Trinajstić information content (AvgIpc) is 2.37. The molecule has 0 heterocycles. The second-order valence-electron chi connectivity index (χ2n) is 4.25. The van der Waals surface area contributed by atoms with Gasteiger partial charge in [-0.2, -0.15) is 0 Å². The van der Waals surface area contributed by atoms with E-state index in [0.717, 1.165) is 6.42 Å². The number of hydrogen-bond donors (Lipinski definition) is 0. The Hall–Kier alpha value is -0.620. The van der Waals surface area contributed by atoms with Crippen molar-refractivity contribution in [2.75, 3.05) is 0 Å². The van der Waals surface area contributed by atoms with Gasteiger partial charge in [-0.1, -0.05) is 26.8 Å². The van der Waals surface area contributed by atoms with E-state index in [9.17, 15) is 9.59 Å². The predicted octanol–water partition coefficient (Wildman–Crippen LogP) is 4.58. The molecule has 0 saturated carbocycles. The van der Waals surface area contributed by atoms with E-state index in [1.165, 1.54) is 0 Å². The van der Waals surface area contributed by atoms with Crippen molar-refractivity contribution >= 4 is 43.8 Å². The number of hydrogen-bond acceptors (Lipinski definition) is 4. The van der Waals surface area contributed by atoms with Crippen molar-refractivity contribution in [1.82, 2.24) is 0 Å². The van der Waals surface area contributed by atoms with Crippen LogP contribution in [-0.4, -0.2) is 18.0 Å². The van der Waals surface area contributed by atoms with E-state index in [0.29, 0.717) is 28.4 Å². The number of halogens is 2. The summed E-state index contributed by atoms with van der Waals surface area (Å²) in [6, 6.07) is 0. The molecule has 0 aromatic carbocycles. The van der Waals surface area contributed by atoms with Gasteiger partial charge >= 0.3 is 11.9 Å². The Morgan fingerprint density at radius 2 is 1.80 bits per heavy atom. The highest BCUT2D eigenvalue weighted by Gasteiger charge is 2.24. The molecule has 0 bridgehead atoms. The number of carbonyl (C=O) groups is 2. The monoisotopic (exact) mass is 410 g/mol. The summed E-state index contributed by atoms with van der Waals surface area (Å²) < 4.78 is 10.9. The van der Waals surface area contributed by atoms with Gasteiger partial charge < -0.3 is 9.47 Å². The zero-order valence-corrected chi connectivity index (χ0v) is 15.2. The minimum atomic E-state index is -0.631. The molecule has 0 N–H and O–H groups in total. The number of esters is 2. The van der Waals surface area contributed by atoms with Gasteiger partial charge in [0, 0.05) is 6.42 Å². The molecule has 0 aliphatic rings. The molecule has 6 heteroatoms. The van der Waals surface area contributed by atoms with Crippen LogP contribution in [0.15, 0.2) is 21.3 Å². The highest BCUT2D eigenvalue weighted by molar-refractivity contribution is 9.28. The van der Waals surface area contributed by atoms with Crippen LogP contribution >= 0.6 is 31.9 Å². The lowest BCUT2D eigenvalue weighted by Crippen LogP contribution is -2.25. The summed E-state index contributed by atoms with van der Waals surface area (Å²) >= 11 is 6.30. The zero-order chi connectivity index (χ0) is 15.7. The maximum Gasteiger partial charge on any atom is 0.342 e. The van der Waals surface area contributed by atoms with Crippen molar-refractivity contribution in [2.45, 2.75) is 52.6 Å². The summed E-state index contributed by atoms with van der Waals surface area (Å²) in [6.07, 6.45) is 1.71. The van der Waals surface area contributed by atoms with E-state index in [1.807, 2.05) is 13.8 Å². The van der Waals surface area contributed by atoms with E-state index < -0.39 is 12.1 Å². The molecular weight excluding hydrogens is 392 g/mol. The van der Waals surface area contributed by atoms with Crippen LogP contribution in [0.2, 0.25) is 0 Å². The zero-order valence-electron chi connectivity index (χ0n) is 12.0. The van der Waals surface area contributed by atoms with Gasteiger partial charge in [0.25, 0.3) is 0 Å². The first kappa shape index (κ1) is 19.4. The molecular formula is C14H20Br2O4. The quantitative estimate of drug-likeness (QED) is 0.333. The largest absolute Gasteiger partial charge is 0.457 e. The smallest absolute Gasteiger partial charge is 0.342 e. The molecule has 0 aromatic heterocycles. The highest BCUT2D eigenvalue weighted by Crippen LogP contribution is 2.22. The Morgan fingerprint density at radius 1 is 1.20 bits per heavy atom. The van der Waals surface area contributed by atoms with Crippen LogP contribution < -0.4 is 0 Å². The molecule has 0 radical (unpaired) electrons. The molecule has 0 aromatic rings. The molecule has 114 valence electrons. The SMILES string of the molecule is C=C(C(=O)OC(C)=C(Br)Br)C(CCC)OC(=O)CCC. The molecule has 0 aliphatic heterocycles. The van der Waals surface area contributed by atoms with E-state index in [-0.39, 0.29) is 11.5 Å². The molecule has 0 spiro atoms. The third kappa shape index (κ3) is 7.24. The lowest BCUT2D eigenvalue weighted by Gasteiger charge is -2.18. The van der Waals surface area contributed by atoms with E-state index >= 15 is 0 Å². The topological polar surface area (TPSA) is 52.6 Å². The second-order valence-corrected chi connectivity index (χ2v) is 6.90. The maximum atomic E-state index is 11.9. The fourth-order valence-corrected chi connectivity index (χ4v) is 1.52. The Balaban J connectivity index is 4.75. The molecule has 0 amide bonds. The Labute approximate surface area is 136 Å². The van der Waals surface area contributed by atoms with E-state index in [1.54, 1.807) is 6.92 Å². The van der Waals surface area contributed by atoms with Gasteiger partial charge in [-0.15, -0.1) is 0 Å². The molecule has 0 rings (SSSR count). The number of rotatable bonds is 8. The fraction of sp³-hybridized carbons (Fsp3) is 0.571. The van der Waals surface area contributed by atoms with Crippen LogP contribution in [-0.2, 0) is 19.1 Å². The predicted molar refractivity (Wildman–Crippen MR) is 85.5 cm³/mol. The lowest BCUT2D eigenvalue weighted by atomic mass is 10.1. The summed E-state index contributed by atoms with van der Waals surface area (Å²) in [6.45, 7) is 9.15.